The molecule has 1 N–H and O–H groups in total. The molecule has 2 heterocycles. The Morgan fingerprint density at radius 3 is 3.00 bits per heavy atom. The minimum Gasteiger partial charge on any atom is -0.395 e. The molecule has 0 aliphatic heterocycles. The normalized spacial score (nSPS) is 10.0. The first-order valence-corrected chi connectivity index (χ1v) is 7.53. The van der Waals surface area contributed by atoms with Crippen molar-refractivity contribution >= 4 is 17.2 Å². The Kier molecular flexibility index (Phi) is 5.20. The first kappa shape index (κ1) is 15.4. The third-order valence-corrected chi connectivity index (χ3v) is 3.93. The summed E-state index contributed by atoms with van der Waals surface area (Å²) in [6, 6.07) is 5.67. The van der Waals surface area contributed by atoms with Gasteiger partial charge < -0.3 is 14.6 Å². The molecule has 0 bridgehead atoms. The van der Waals surface area contributed by atoms with Crippen LogP contribution in [0.3, 0.4) is 0 Å². The van der Waals surface area contributed by atoms with Gasteiger partial charge in [0.25, 0.3) is 5.91 Å². The molecule has 0 unspecified atom stereocenters. The number of aliphatic hydroxyl groups excluding tert-OH is 1. The van der Waals surface area contributed by atoms with Crippen LogP contribution in [0.5, 0.6) is 0 Å². The highest BCUT2D eigenvalue weighted by atomic mass is 32.1. The maximum atomic E-state index is 12.3. The number of carbonyl (C=O) groups excluding carboxylic acids is 1. The maximum Gasteiger partial charge on any atom is 0.270 e. The number of hydrogen-bond donors (Lipinski definition) is 1. The molecule has 2 rings (SSSR count). The molecule has 0 aliphatic rings. The third-order valence-electron chi connectivity index (χ3n) is 3.03. The van der Waals surface area contributed by atoms with Crippen molar-refractivity contribution in [2.75, 3.05) is 13.7 Å². The van der Waals surface area contributed by atoms with Crippen LogP contribution in [0.1, 0.15) is 27.3 Å². The number of rotatable bonds is 4. The monoisotopic (exact) mass is 302 g/mol. The summed E-state index contributed by atoms with van der Waals surface area (Å²) in [6.45, 7) is 0.640. The molecule has 0 aliphatic carbocycles. The fourth-order valence-corrected chi connectivity index (χ4v) is 2.73. The van der Waals surface area contributed by atoms with Crippen molar-refractivity contribution in [3.05, 3.63) is 45.9 Å². The van der Waals surface area contributed by atoms with Crippen molar-refractivity contribution in [3.63, 3.8) is 0 Å². The van der Waals surface area contributed by atoms with E-state index in [0.29, 0.717) is 18.7 Å². The molecule has 0 saturated heterocycles. The van der Waals surface area contributed by atoms with Gasteiger partial charge in [0.15, 0.2) is 0 Å². The molecule has 110 valence electrons. The average molecular weight is 302 g/mol. The summed E-state index contributed by atoms with van der Waals surface area (Å²) in [5.74, 6) is 5.90. The van der Waals surface area contributed by atoms with Gasteiger partial charge in [-0.3, -0.25) is 4.79 Å². The summed E-state index contributed by atoms with van der Waals surface area (Å²) in [6.07, 6.45) is 2.35. The van der Waals surface area contributed by atoms with Crippen LogP contribution in [-0.2, 0) is 13.6 Å². The first-order chi connectivity index (χ1) is 10.1. The van der Waals surface area contributed by atoms with Gasteiger partial charge in [-0.05, 0) is 29.1 Å². The number of aryl methyl sites for hydroxylation is 1. The van der Waals surface area contributed by atoms with Crippen molar-refractivity contribution in [2.24, 2.45) is 7.05 Å². The van der Waals surface area contributed by atoms with Crippen molar-refractivity contribution in [1.29, 1.82) is 0 Å². The number of aliphatic hydroxyl groups is 1. The molecular weight excluding hydrogens is 284 g/mol. The largest absolute Gasteiger partial charge is 0.395 e. The zero-order valence-electron chi connectivity index (χ0n) is 12.2. The van der Waals surface area contributed by atoms with E-state index < -0.39 is 0 Å². The number of thiophene rings is 1. The van der Waals surface area contributed by atoms with Gasteiger partial charge in [0.05, 0.1) is 11.5 Å². The van der Waals surface area contributed by atoms with Gasteiger partial charge in [-0.1, -0.05) is 11.8 Å². The standard InChI is InChI=1S/C16H18N2O2S/c1-17-8-5-7-15(17)16(20)18(2)11-13-10-14(21-12-13)6-3-4-9-19/h5,7-8,10,12,19H,4,9,11H2,1-2H3. The van der Waals surface area contributed by atoms with E-state index in [1.54, 1.807) is 23.3 Å². The summed E-state index contributed by atoms with van der Waals surface area (Å²) in [5, 5.41) is 10.7. The quantitative estimate of drug-likeness (QED) is 0.879. The van der Waals surface area contributed by atoms with Crippen LogP contribution < -0.4 is 0 Å². The highest BCUT2D eigenvalue weighted by molar-refractivity contribution is 7.10. The van der Waals surface area contributed by atoms with Crippen molar-refractivity contribution in [1.82, 2.24) is 9.47 Å². The van der Waals surface area contributed by atoms with Gasteiger partial charge in [-0.15, -0.1) is 11.3 Å². The molecular formula is C16H18N2O2S. The Morgan fingerprint density at radius 1 is 1.52 bits per heavy atom. The summed E-state index contributed by atoms with van der Waals surface area (Å²) in [4.78, 5) is 15.0. The van der Waals surface area contributed by atoms with Crippen LogP contribution in [0.2, 0.25) is 0 Å². The molecule has 2 aromatic rings. The number of hydrogen-bond acceptors (Lipinski definition) is 3. The van der Waals surface area contributed by atoms with E-state index in [1.807, 2.05) is 41.4 Å². The molecule has 0 aromatic carbocycles. The minimum absolute atomic E-state index is 0.00150. The predicted octanol–water partition coefficient (Wildman–Crippen LogP) is 2.09. The Balaban J connectivity index is 2.00. The molecule has 1 amide bonds. The van der Waals surface area contributed by atoms with Crippen LogP contribution in [0.15, 0.2) is 29.8 Å². The SMILES string of the molecule is CN(Cc1csc(C#CCCO)c1)C(=O)c1cccn1C. The highest BCUT2D eigenvalue weighted by Crippen LogP contribution is 2.16. The maximum absolute atomic E-state index is 12.3. The summed E-state index contributed by atoms with van der Waals surface area (Å²) < 4.78 is 1.82. The Hall–Kier alpha value is -2.03. The van der Waals surface area contributed by atoms with Crippen molar-refractivity contribution in [2.45, 2.75) is 13.0 Å². The van der Waals surface area contributed by atoms with Crippen molar-refractivity contribution < 1.29 is 9.90 Å². The lowest BCUT2D eigenvalue weighted by molar-refractivity contribution is 0.0776. The molecule has 4 nitrogen and oxygen atoms in total. The van der Waals surface area contributed by atoms with Crippen LogP contribution in [0.4, 0.5) is 0 Å². The zero-order chi connectivity index (χ0) is 15.2. The average Bonchev–Trinajstić information content (AvgIpc) is 3.07. The number of amides is 1. The van der Waals surface area contributed by atoms with E-state index >= 15 is 0 Å². The Morgan fingerprint density at radius 2 is 2.33 bits per heavy atom. The van der Waals surface area contributed by atoms with Crippen LogP contribution in [0.25, 0.3) is 0 Å². The number of carbonyl (C=O) groups is 1. The van der Waals surface area contributed by atoms with Gasteiger partial charge in [-0.2, -0.15) is 0 Å². The molecule has 21 heavy (non-hydrogen) atoms. The molecule has 5 heteroatoms. The topological polar surface area (TPSA) is 45.5 Å². The number of aromatic nitrogens is 1. The predicted molar refractivity (Wildman–Crippen MR) is 84.1 cm³/mol. The van der Waals surface area contributed by atoms with E-state index in [4.69, 9.17) is 5.11 Å². The highest BCUT2D eigenvalue weighted by Gasteiger charge is 2.14. The lowest BCUT2D eigenvalue weighted by Crippen LogP contribution is -2.27. The van der Waals surface area contributed by atoms with E-state index in [-0.39, 0.29) is 12.5 Å². The van der Waals surface area contributed by atoms with Crippen LogP contribution in [-0.4, -0.2) is 34.1 Å². The summed E-state index contributed by atoms with van der Waals surface area (Å²) in [5.41, 5.74) is 1.74. The van der Waals surface area contributed by atoms with Crippen LogP contribution >= 0.6 is 11.3 Å². The second kappa shape index (κ2) is 7.11. The molecule has 0 fully saturated rings. The van der Waals surface area contributed by atoms with Gasteiger partial charge in [-0.25, -0.2) is 0 Å². The number of nitrogens with zero attached hydrogens (tertiary/aromatic N) is 2. The smallest absolute Gasteiger partial charge is 0.270 e. The fraction of sp³-hybridized carbons (Fsp3) is 0.312. The second-order valence-corrected chi connectivity index (χ2v) is 5.67. The molecule has 2 aromatic heterocycles. The second-order valence-electron chi connectivity index (χ2n) is 4.76. The van der Waals surface area contributed by atoms with Crippen molar-refractivity contribution in [3.8, 4) is 11.8 Å². The fourth-order valence-electron chi connectivity index (χ4n) is 1.95. The molecule has 0 radical (unpaired) electrons. The van der Waals surface area contributed by atoms with Gasteiger partial charge in [0.1, 0.15) is 5.69 Å². The summed E-state index contributed by atoms with van der Waals surface area (Å²) in [7, 11) is 3.66. The van der Waals surface area contributed by atoms with E-state index in [2.05, 4.69) is 11.8 Å². The Labute approximate surface area is 128 Å². The lowest BCUT2D eigenvalue weighted by atomic mass is 10.2. The molecule has 0 saturated carbocycles. The van der Waals surface area contributed by atoms with Crippen LogP contribution in [0, 0.1) is 11.8 Å². The lowest BCUT2D eigenvalue weighted by Gasteiger charge is -2.16. The van der Waals surface area contributed by atoms with E-state index in [1.165, 1.54) is 0 Å². The van der Waals surface area contributed by atoms with Gasteiger partial charge >= 0.3 is 0 Å². The molecule has 0 atom stereocenters. The minimum atomic E-state index is 0.00150. The zero-order valence-corrected chi connectivity index (χ0v) is 13.0. The Bertz CT molecular complexity index is 676. The third kappa shape index (κ3) is 3.97. The first-order valence-electron chi connectivity index (χ1n) is 6.65. The van der Waals surface area contributed by atoms with Gasteiger partial charge in [0.2, 0.25) is 0 Å². The van der Waals surface area contributed by atoms with E-state index in [9.17, 15) is 4.79 Å². The van der Waals surface area contributed by atoms with E-state index in [0.717, 1.165) is 10.4 Å². The summed E-state index contributed by atoms with van der Waals surface area (Å²) >= 11 is 1.56. The van der Waals surface area contributed by atoms with Gasteiger partial charge in [0, 0.05) is 33.3 Å². The molecule has 0 spiro atoms.